The van der Waals surface area contributed by atoms with E-state index in [1.165, 1.54) is 24.0 Å². The molecule has 26 heavy (non-hydrogen) atoms. The highest BCUT2D eigenvalue weighted by Crippen LogP contribution is 2.27. The van der Waals surface area contributed by atoms with E-state index in [2.05, 4.69) is 10.4 Å². The van der Waals surface area contributed by atoms with Gasteiger partial charge in [-0.2, -0.15) is 9.83 Å². The second-order valence-electron chi connectivity index (χ2n) is 5.72. The van der Waals surface area contributed by atoms with Crippen LogP contribution in [0, 0.1) is 5.21 Å². The van der Waals surface area contributed by atoms with Crippen LogP contribution in [-0.4, -0.2) is 15.6 Å². The lowest BCUT2D eigenvalue weighted by atomic mass is 10.0. The van der Waals surface area contributed by atoms with Crippen molar-refractivity contribution < 1.29 is 9.52 Å². The molecule has 3 aromatic rings. The molecule has 0 aliphatic heterocycles. The molecule has 7 heteroatoms. The molecular weight excluding hydrogens is 332 g/mol. The predicted octanol–water partition coefficient (Wildman–Crippen LogP) is 2.51. The first kappa shape index (κ1) is 17.3. The normalized spacial score (nSPS) is 10.5. The second-order valence-corrected chi connectivity index (χ2v) is 5.72. The number of nitrogens with one attached hydrogen (secondary N) is 1. The fraction of sp³-hybridized carbons (Fsp3) is 0.158. The molecule has 0 aliphatic carbocycles. The van der Waals surface area contributed by atoms with Gasteiger partial charge in [0.25, 0.3) is 5.56 Å². The monoisotopic (exact) mass is 350 g/mol. The molecule has 0 saturated carbocycles. The zero-order valence-electron chi connectivity index (χ0n) is 14.5. The minimum Gasteiger partial charge on any atom is -0.619 e. The van der Waals surface area contributed by atoms with Gasteiger partial charge in [0.15, 0.2) is 12.0 Å². The highest BCUT2D eigenvalue weighted by atomic mass is 16.5. The molecule has 0 bridgehead atoms. The van der Waals surface area contributed by atoms with Crippen molar-refractivity contribution in [2.75, 3.05) is 5.32 Å². The SMILES string of the molecule is CCn1nc(-c2ccccc2)c(C(C)=O)c(Nc2ccc[n+]([O-])c2)c1=O. The Morgan fingerprint density at radius 1 is 1.23 bits per heavy atom. The second kappa shape index (κ2) is 7.18. The first-order chi connectivity index (χ1) is 12.5. The molecule has 0 spiro atoms. The van der Waals surface area contributed by atoms with Gasteiger partial charge >= 0.3 is 0 Å². The van der Waals surface area contributed by atoms with Crippen molar-refractivity contribution in [2.45, 2.75) is 20.4 Å². The summed E-state index contributed by atoms with van der Waals surface area (Å²) in [6.45, 7) is 3.54. The lowest BCUT2D eigenvalue weighted by molar-refractivity contribution is -0.604. The third-order valence-corrected chi connectivity index (χ3v) is 3.90. The minimum atomic E-state index is -0.418. The summed E-state index contributed by atoms with van der Waals surface area (Å²) in [6.07, 6.45) is 2.63. The molecule has 0 radical (unpaired) electrons. The number of carbonyl (C=O) groups is 1. The Morgan fingerprint density at radius 2 is 1.96 bits per heavy atom. The number of carbonyl (C=O) groups excluding carboxylic acids is 1. The van der Waals surface area contributed by atoms with Gasteiger partial charge in [-0.3, -0.25) is 9.59 Å². The van der Waals surface area contributed by atoms with E-state index in [0.717, 1.165) is 5.56 Å². The maximum Gasteiger partial charge on any atom is 0.291 e. The van der Waals surface area contributed by atoms with Crippen LogP contribution in [0.1, 0.15) is 24.2 Å². The van der Waals surface area contributed by atoms with Crippen molar-refractivity contribution in [1.29, 1.82) is 0 Å². The topological polar surface area (TPSA) is 90.9 Å². The predicted molar refractivity (Wildman–Crippen MR) is 98.3 cm³/mol. The highest BCUT2D eigenvalue weighted by molar-refractivity contribution is 6.05. The standard InChI is InChI=1S/C19H18N4O3/c1-3-23-19(25)18(20-15-10-7-11-22(26)12-15)16(13(2)24)17(21-23)14-8-5-4-6-9-14/h4-12,20H,3H2,1-2H3. The molecule has 0 aliphatic rings. The molecule has 0 unspecified atom stereocenters. The summed E-state index contributed by atoms with van der Waals surface area (Å²) < 4.78 is 1.92. The molecule has 1 N–H and O–H groups in total. The Labute approximate surface area is 150 Å². The molecular formula is C19H18N4O3. The van der Waals surface area contributed by atoms with Crippen molar-refractivity contribution >= 4 is 17.2 Å². The number of benzene rings is 1. The van der Waals surface area contributed by atoms with Gasteiger partial charge < -0.3 is 10.5 Å². The third-order valence-electron chi connectivity index (χ3n) is 3.90. The number of ketones is 1. The van der Waals surface area contributed by atoms with E-state index in [1.807, 2.05) is 30.3 Å². The van der Waals surface area contributed by atoms with Crippen molar-refractivity contribution in [1.82, 2.24) is 9.78 Å². The van der Waals surface area contributed by atoms with Gasteiger partial charge in [0.1, 0.15) is 17.1 Å². The number of aryl methyl sites for hydroxylation is 1. The molecule has 0 saturated heterocycles. The molecule has 2 heterocycles. The maximum absolute atomic E-state index is 12.8. The van der Waals surface area contributed by atoms with Gasteiger partial charge in [0.2, 0.25) is 6.20 Å². The van der Waals surface area contributed by atoms with Crippen molar-refractivity contribution in [3.63, 3.8) is 0 Å². The number of rotatable bonds is 5. The van der Waals surface area contributed by atoms with Crippen LogP contribution < -0.4 is 15.6 Å². The number of pyridine rings is 1. The molecule has 0 fully saturated rings. The number of Topliss-reactive ketones (excluding diaryl/α,β-unsaturated/α-hetero) is 1. The Morgan fingerprint density at radius 3 is 2.58 bits per heavy atom. The Hall–Kier alpha value is -3.48. The fourth-order valence-electron chi connectivity index (χ4n) is 2.71. The summed E-state index contributed by atoms with van der Waals surface area (Å²) in [7, 11) is 0. The number of hydrogen-bond acceptors (Lipinski definition) is 5. The molecule has 7 nitrogen and oxygen atoms in total. The van der Waals surface area contributed by atoms with E-state index in [0.29, 0.717) is 22.7 Å². The molecule has 0 atom stereocenters. The molecule has 132 valence electrons. The number of aromatic nitrogens is 3. The van der Waals surface area contributed by atoms with Crippen LogP contribution in [0.4, 0.5) is 11.4 Å². The van der Waals surface area contributed by atoms with E-state index in [4.69, 9.17) is 0 Å². The first-order valence-corrected chi connectivity index (χ1v) is 8.18. The van der Waals surface area contributed by atoms with Gasteiger partial charge in [-0.1, -0.05) is 30.3 Å². The van der Waals surface area contributed by atoms with Crippen LogP contribution in [-0.2, 0) is 6.54 Å². The largest absolute Gasteiger partial charge is 0.619 e. The summed E-state index contributed by atoms with van der Waals surface area (Å²) in [5, 5.41) is 18.8. The highest BCUT2D eigenvalue weighted by Gasteiger charge is 2.22. The third kappa shape index (κ3) is 3.32. The summed E-state index contributed by atoms with van der Waals surface area (Å²) in [4.78, 5) is 25.2. The van der Waals surface area contributed by atoms with Crippen molar-refractivity contribution in [3.05, 3.63) is 76.0 Å². The van der Waals surface area contributed by atoms with Crippen LogP contribution in [0.15, 0.2) is 59.7 Å². The average Bonchev–Trinajstić information content (AvgIpc) is 2.63. The summed E-state index contributed by atoms with van der Waals surface area (Å²) in [5.41, 5.74) is 1.46. The van der Waals surface area contributed by atoms with E-state index >= 15 is 0 Å². The van der Waals surface area contributed by atoms with Crippen LogP contribution in [0.25, 0.3) is 11.3 Å². The summed E-state index contributed by atoms with van der Waals surface area (Å²) in [5.74, 6) is -0.287. The number of nitrogens with zero attached hydrogens (tertiary/aromatic N) is 3. The van der Waals surface area contributed by atoms with E-state index in [-0.39, 0.29) is 17.0 Å². The van der Waals surface area contributed by atoms with E-state index in [1.54, 1.807) is 19.1 Å². The Balaban J connectivity index is 2.27. The summed E-state index contributed by atoms with van der Waals surface area (Å²) >= 11 is 0. The molecule has 3 rings (SSSR count). The zero-order chi connectivity index (χ0) is 18.7. The van der Waals surface area contributed by atoms with Crippen LogP contribution in [0.5, 0.6) is 0 Å². The van der Waals surface area contributed by atoms with Gasteiger partial charge in [-0.15, -0.1) is 0 Å². The van der Waals surface area contributed by atoms with Gasteiger partial charge in [-0.05, 0) is 19.9 Å². The fourth-order valence-corrected chi connectivity index (χ4v) is 2.71. The molecule has 2 aromatic heterocycles. The lowest BCUT2D eigenvalue weighted by Gasteiger charge is -2.15. The quantitative estimate of drug-likeness (QED) is 0.434. The van der Waals surface area contributed by atoms with Gasteiger partial charge in [-0.25, -0.2) is 4.68 Å². The molecule has 1 aromatic carbocycles. The van der Waals surface area contributed by atoms with Crippen LogP contribution in [0.2, 0.25) is 0 Å². The zero-order valence-corrected chi connectivity index (χ0v) is 14.5. The number of hydrogen-bond donors (Lipinski definition) is 1. The van der Waals surface area contributed by atoms with Crippen molar-refractivity contribution in [2.24, 2.45) is 0 Å². The maximum atomic E-state index is 12.8. The minimum absolute atomic E-state index is 0.111. The Bertz CT molecular complexity index is 1010. The van der Waals surface area contributed by atoms with E-state index < -0.39 is 5.56 Å². The number of anilines is 2. The van der Waals surface area contributed by atoms with Gasteiger partial charge in [0.05, 0.1) is 5.56 Å². The smallest absolute Gasteiger partial charge is 0.291 e. The Kier molecular flexibility index (Phi) is 4.79. The van der Waals surface area contributed by atoms with E-state index in [9.17, 15) is 14.8 Å². The van der Waals surface area contributed by atoms with Crippen molar-refractivity contribution in [3.8, 4) is 11.3 Å². The average molecular weight is 350 g/mol. The van der Waals surface area contributed by atoms with Crippen LogP contribution >= 0.6 is 0 Å². The summed E-state index contributed by atoms with van der Waals surface area (Å²) in [6, 6.07) is 12.4. The molecule has 0 amide bonds. The van der Waals surface area contributed by atoms with Gasteiger partial charge in [0, 0.05) is 18.2 Å². The first-order valence-electron chi connectivity index (χ1n) is 8.18. The lowest BCUT2D eigenvalue weighted by Crippen LogP contribution is -2.29. The van der Waals surface area contributed by atoms with Crippen LogP contribution in [0.3, 0.4) is 0 Å².